The maximum atomic E-state index is 9.69. The van der Waals surface area contributed by atoms with Crippen molar-refractivity contribution in [1.29, 1.82) is 0 Å². The third-order valence-corrected chi connectivity index (χ3v) is 3.60. The van der Waals surface area contributed by atoms with E-state index in [1.165, 1.54) is 0 Å². The van der Waals surface area contributed by atoms with E-state index in [-0.39, 0.29) is 0 Å². The van der Waals surface area contributed by atoms with Crippen LogP contribution >= 0.6 is 11.8 Å². The first-order valence-electron chi connectivity index (χ1n) is 5.43. The van der Waals surface area contributed by atoms with Gasteiger partial charge in [0, 0.05) is 5.88 Å². The van der Waals surface area contributed by atoms with Crippen LogP contribution in [0.3, 0.4) is 0 Å². The predicted molar refractivity (Wildman–Crippen MR) is 68.3 cm³/mol. The number of benzene rings is 1. The molecule has 0 saturated carbocycles. The smallest absolute Gasteiger partial charge is 0.129 e. The molecule has 4 heteroatoms. The van der Waals surface area contributed by atoms with Crippen molar-refractivity contribution in [3.8, 4) is 11.5 Å². The van der Waals surface area contributed by atoms with E-state index in [1.807, 2.05) is 6.07 Å². The van der Waals surface area contributed by atoms with Gasteiger partial charge in [-0.15, -0.1) is 11.8 Å². The van der Waals surface area contributed by atoms with E-state index in [9.17, 15) is 5.11 Å². The Morgan fingerprint density at radius 2 is 2.00 bits per heavy atom. The van der Waals surface area contributed by atoms with Crippen molar-refractivity contribution in [2.24, 2.45) is 0 Å². The van der Waals surface area contributed by atoms with Gasteiger partial charge in [-0.25, -0.2) is 0 Å². The molecule has 0 atom stereocenters. The lowest BCUT2D eigenvalue weighted by Crippen LogP contribution is -2.21. The summed E-state index contributed by atoms with van der Waals surface area (Å²) in [6.45, 7) is 6.31. The molecule has 0 aliphatic heterocycles. The van der Waals surface area contributed by atoms with Crippen molar-refractivity contribution in [3.05, 3.63) is 18.2 Å². The fraction of sp³-hybridized carbons (Fsp3) is 0.500. The van der Waals surface area contributed by atoms with E-state index in [1.54, 1.807) is 31.0 Å². The molecule has 0 unspecified atom stereocenters. The number of phenolic OH excluding ortho intramolecular Hbond substituents is 1. The van der Waals surface area contributed by atoms with Crippen molar-refractivity contribution in [3.63, 3.8) is 0 Å². The molecule has 90 valence electrons. The second-order valence-corrected chi connectivity index (χ2v) is 4.40. The quantitative estimate of drug-likeness (QED) is 0.613. The average molecular weight is 241 g/mol. The van der Waals surface area contributed by atoms with Gasteiger partial charge in [0.15, 0.2) is 0 Å². The van der Waals surface area contributed by atoms with Crippen LogP contribution in [0.2, 0.25) is 0 Å². The number of ether oxygens (including phenoxy) is 1. The van der Waals surface area contributed by atoms with Gasteiger partial charge in [-0.2, -0.15) is 0 Å². The van der Waals surface area contributed by atoms with Crippen LogP contribution < -0.4 is 4.74 Å². The first kappa shape index (κ1) is 13.2. The molecule has 1 rings (SSSR count). The van der Waals surface area contributed by atoms with Gasteiger partial charge in [-0.05, 0) is 31.3 Å². The Morgan fingerprint density at radius 3 is 2.56 bits per heavy atom. The van der Waals surface area contributed by atoms with E-state index in [0.717, 1.165) is 29.6 Å². The molecule has 0 heterocycles. The zero-order chi connectivity index (χ0) is 12.0. The zero-order valence-electron chi connectivity index (χ0n) is 10.1. The highest BCUT2D eigenvalue weighted by Gasteiger charge is 2.06. The van der Waals surface area contributed by atoms with Crippen LogP contribution in [0.5, 0.6) is 11.5 Å². The summed E-state index contributed by atoms with van der Waals surface area (Å²) in [5, 5.41) is 9.69. The summed E-state index contributed by atoms with van der Waals surface area (Å²) in [6.07, 6.45) is 0. The molecular formula is C12H19NO2S. The van der Waals surface area contributed by atoms with Crippen LogP contribution in [0.1, 0.15) is 13.8 Å². The molecule has 3 nitrogen and oxygen atoms in total. The van der Waals surface area contributed by atoms with E-state index in [2.05, 4.69) is 18.7 Å². The summed E-state index contributed by atoms with van der Waals surface area (Å²) in [5.41, 5.74) is 0. The fourth-order valence-electron chi connectivity index (χ4n) is 1.30. The largest absolute Gasteiger partial charge is 0.507 e. The minimum absolute atomic E-state index is 0.318. The van der Waals surface area contributed by atoms with E-state index in [4.69, 9.17) is 4.74 Å². The molecule has 1 aromatic rings. The van der Waals surface area contributed by atoms with E-state index in [0.29, 0.717) is 5.75 Å². The van der Waals surface area contributed by atoms with Crippen molar-refractivity contribution >= 4 is 11.8 Å². The Morgan fingerprint density at radius 1 is 1.31 bits per heavy atom. The second-order valence-electron chi connectivity index (χ2n) is 3.41. The summed E-state index contributed by atoms with van der Waals surface area (Å²) in [7, 11) is 1.63. The number of methoxy groups -OCH3 is 1. The zero-order valence-corrected chi connectivity index (χ0v) is 10.9. The highest BCUT2D eigenvalue weighted by atomic mass is 32.2. The third-order valence-electron chi connectivity index (χ3n) is 2.46. The summed E-state index contributed by atoms with van der Waals surface area (Å²) >= 11 is 1.63. The van der Waals surface area contributed by atoms with Gasteiger partial charge in [0.2, 0.25) is 0 Å². The van der Waals surface area contributed by atoms with Crippen LogP contribution in [0.4, 0.5) is 0 Å². The molecule has 1 N–H and O–H groups in total. The van der Waals surface area contributed by atoms with Gasteiger partial charge in [0.25, 0.3) is 0 Å². The second kappa shape index (κ2) is 6.66. The summed E-state index contributed by atoms with van der Waals surface area (Å²) < 4.78 is 5.13. The number of thioether (sulfide) groups is 1. The Bertz CT molecular complexity index is 327. The van der Waals surface area contributed by atoms with Gasteiger partial charge < -0.3 is 9.84 Å². The molecule has 0 amide bonds. The van der Waals surface area contributed by atoms with Crippen LogP contribution in [-0.4, -0.2) is 36.1 Å². The van der Waals surface area contributed by atoms with Crippen LogP contribution in [0, 0.1) is 0 Å². The number of aromatic hydroxyl groups is 1. The van der Waals surface area contributed by atoms with Crippen molar-refractivity contribution in [2.75, 3.05) is 26.1 Å². The first-order chi connectivity index (χ1) is 7.71. The molecule has 16 heavy (non-hydrogen) atoms. The molecule has 0 bridgehead atoms. The first-order valence-corrected chi connectivity index (χ1v) is 6.42. The molecular weight excluding hydrogens is 222 g/mol. The number of nitrogens with zero attached hydrogens (tertiary/aromatic N) is 1. The number of phenols is 1. The summed E-state index contributed by atoms with van der Waals surface area (Å²) in [6, 6.07) is 5.30. The van der Waals surface area contributed by atoms with Crippen molar-refractivity contribution in [2.45, 2.75) is 18.7 Å². The Balaban J connectivity index is 2.65. The third kappa shape index (κ3) is 3.61. The predicted octanol–water partition coefficient (Wildman–Crippen LogP) is 2.79. The summed E-state index contributed by atoms with van der Waals surface area (Å²) in [4.78, 5) is 3.16. The molecule has 0 spiro atoms. The van der Waals surface area contributed by atoms with Crippen molar-refractivity contribution in [1.82, 2.24) is 4.90 Å². The van der Waals surface area contributed by atoms with Gasteiger partial charge in [0.05, 0.1) is 12.0 Å². The SMILES string of the molecule is CCN(CC)CSc1cc(OC)ccc1O. The minimum Gasteiger partial charge on any atom is -0.507 e. The number of hydrogen-bond donors (Lipinski definition) is 1. The topological polar surface area (TPSA) is 32.7 Å². The van der Waals surface area contributed by atoms with Gasteiger partial charge in [-0.3, -0.25) is 4.90 Å². The normalized spacial score (nSPS) is 10.8. The van der Waals surface area contributed by atoms with E-state index >= 15 is 0 Å². The van der Waals surface area contributed by atoms with Gasteiger partial charge in [-0.1, -0.05) is 13.8 Å². The van der Waals surface area contributed by atoms with Gasteiger partial charge >= 0.3 is 0 Å². The minimum atomic E-state index is 0.318. The highest BCUT2D eigenvalue weighted by Crippen LogP contribution is 2.32. The molecule has 1 aromatic carbocycles. The molecule has 0 aliphatic carbocycles. The maximum Gasteiger partial charge on any atom is 0.129 e. The monoisotopic (exact) mass is 241 g/mol. The molecule has 0 aromatic heterocycles. The Kier molecular flexibility index (Phi) is 5.49. The lowest BCUT2D eigenvalue weighted by Gasteiger charge is -2.17. The molecule has 0 fully saturated rings. The van der Waals surface area contributed by atoms with Gasteiger partial charge in [0.1, 0.15) is 11.5 Å². The van der Waals surface area contributed by atoms with Crippen LogP contribution in [-0.2, 0) is 0 Å². The lowest BCUT2D eigenvalue weighted by molar-refractivity contribution is 0.358. The lowest BCUT2D eigenvalue weighted by atomic mass is 10.3. The molecule has 0 saturated heterocycles. The highest BCUT2D eigenvalue weighted by molar-refractivity contribution is 7.99. The fourth-order valence-corrected chi connectivity index (χ4v) is 2.41. The number of hydrogen-bond acceptors (Lipinski definition) is 4. The maximum absolute atomic E-state index is 9.69. The van der Waals surface area contributed by atoms with Crippen LogP contribution in [0.25, 0.3) is 0 Å². The van der Waals surface area contributed by atoms with Crippen molar-refractivity contribution < 1.29 is 9.84 Å². The molecule has 0 aliphatic rings. The Labute approximate surface area is 101 Å². The number of rotatable bonds is 6. The van der Waals surface area contributed by atoms with E-state index < -0.39 is 0 Å². The van der Waals surface area contributed by atoms with Crippen LogP contribution in [0.15, 0.2) is 23.1 Å². The average Bonchev–Trinajstić information content (AvgIpc) is 2.32. The summed E-state index contributed by atoms with van der Waals surface area (Å²) in [5.74, 6) is 1.98. The molecule has 0 radical (unpaired) electrons. The Hall–Kier alpha value is -0.870. The standard InChI is InChI=1S/C12H19NO2S/c1-4-13(5-2)9-16-12-8-10(15-3)6-7-11(12)14/h6-8,14H,4-5,9H2,1-3H3.